The predicted octanol–water partition coefficient (Wildman–Crippen LogP) is 17.2. The van der Waals surface area contributed by atoms with E-state index >= 15 is 0 Å². The Kier molecular flexibility index (Phi) is 14.0. The van der Waals surface area contributed by atoms with Crippen LogP contribution in [0.3, 0.4) is 0 Å². The number of nitrogens with zero attached hydrogens (tertiary/aromatic N) is 9. The summed E-state index contributed by atoms with van der Waals surface area (Å²) in [7, 11) is 6.22. The third-order valence-corrected chi connectivity index (χ3v) is 14.2. The first-order chi connectivity index (χ1) is 39.0. The zero-order chi connectivity index (χ0) is 53.5. The first kappa shape index (κ1) is 49.4. The third-order valence-electron chi connectivity index (χ3n) is 14.2. The number of benzene rings is 11. The number of fused-ring (bicyclic) bond motifs is 4. The van der Waals surface area contributed by atoms with Crippen LogP contribution in [-0.4, -0.2) is 49.8 Å². The minimum atomic E-state index is 0.902. The van der Waals surface area contributed by atoms with Gasteiger partial charge in [-0.05, 0) is 133 Å². The van der Waals surface area contributed by atoms with E-state index in [2.05, 4.69) is 280 Å². The standard InChI is InChI=1S/C26H21N3.C24H19N3.C20H17N3/c1-28(21-10-4-2-5-11-21)22-18-16-20(17-19-22)26-27-24-14-8-9-15-25(24)29(26)23-12-6-3-7-13-23;1-26(22-17-9-11-18-10-5-6-14-20(18)22)24-25-21-15-7-8-16-23(21)27(24)19-12-3-2-4-13-19;1-22(16-10-4-2-5-11-16)20-21-18-14-8-9-15-19(18)23(20)17-12-6-3-7-13-17/h2-19H,1H3;2-17H,1H3;2-15H,1H3. The lowest BCUT2D eigenvalue weighted by molar-refractivity contribution is 1.01. The van der Waals surface area contributed by atoms with Gasteiger partial charge < -0.3 is 14.7 Å². The van der Waals surface area contributed by atoms with Gasteiger partial charge in [-0.1, -0.05) is 164 Å². The maximum atomic E-state index is 4.96. The van der Waals surface area contributed by atoms with Crippen molar-refractivity contribution in [1.29, 1.82) is 0 Å². The molecule has 0 unspecified atom stereocenters. The van der Waals surface area contributed by atoms with Crippen LogP contribution < -0.4 is 14.7 Å². The molecule has 14 aromatic rings. The molecule has 0 atom stereocenters. The fourth-order valence-electron chi connectivity index (χ4n) is 10.2. The topological polar surface area (TPSA) is 63.2 Å². The molecule has 0 spiro atoms. The molecule has 14 rings (SSSR count). The molecule has 0 radical (unpaired) electrons. The molecule has 11 aromatic carbocycles. The lowest BCUT2D eigenvalue weighted by atomic mass is 10.1. The van der Waals surface area contributed by atoms with Crippen LogP contribution in [0.4, 0.5) is 34.6 Å². The van der Waals surface area contributed by atoms with E-state index in [1.807, 2.05) is 60.7 Å². The second kappa shape index (κ2) is 22.4. The van der Waals surface area contributed by atoms with Crippen LogP contribution in [0, 0.1) is 0 Å². The molecule has 0 fully saturated rings. The maximum absolute atomic E-state index is 4.96. The molecule has 0 bridgehead atoms. The van der Waals surface area contributed by atoms with E-state index in [0.29, 0.717) is 0 Å². The van der Waals surface area contributed by atoms with Crippen LogP contribution in [0.5, 0.6) is 0 Å². The number of anilines is 6. The predicted molar refractivity (Wildman–Crippen MR) is 330 cm³/mol. The minimum Gasteiger partial charge on any atom is -0.345 e. The molecule has 382 valence electrons. The molecule has 3 heterocycles. The van der Waals surface area contributed by atoms with Crippen molar-refractivity contribution in [3.8, 4) is 28.5 Å². The van der Waals surface area contributed by atoms with Gasteiger partial charge in [0.15, 0.2) is 0 Å². The van der Waals surface area contributed by atoms with Crippen molar-refractivity contribution in [1.82, 2.24) is 28.7 Å². The Bertz CT molecular complexity index is 4280. The fourth-order valence-corrected chi connectivity index (χ4v) is 10.2. The number of hydrogen-bond acceptors (Lipinski definition) is 6. The monoisotopic (exact) mass is 1020 g/mol. The number of para-hydroxylation sites is 11. The van der Waals surface area contributed by atoms with E-state index in [1.54, 1.807) is 0 Å². The van der Waals surface area contributed by atoms with Crippen molar-refractivity contribution < 1.29 is 0 Å². The second-order valence-corrected chi connectivity index (χ2v) is 19.1. The molecule has 3 aromatic heterocycles. The summed E-state index contributed by atoms with van der Waals surface area (Å²) < 4.78 is 6.64. The molecule has 0 aliphatic heterocycles. The highest BCUT2D eigenvalue weighted by atomic mass is 15.3. The molecule has 0 saturated carbocycles. The Morgan fingerprint density at radius 1 is 0.278 bits per heavy atom. The molecule has 0 saturated heterocycles. The average molecular weight is 1020 g/mol. The summed E-state index contributed by atoms with van der Waals surface area (Å²) in [6.45, 7) is 0. The van der Waals surface area contributed by atoms with Gasteiger partial charge in [0.25, 0.3) is 0 Å². The normalized spacial score (nSPS) is 11.0. The van der Waals surface area contributed by atoms with Crippen molar-refractivity contribution in [3.63, 3.8) is 0 Å². The number of aromatic nitrogens is 6. The van der Waals surface area contributed by atoms with E-state index in [4.69, 9.17) is 15.0 Å². The summed E-state index contributed by atoms with van der Waals surface area (Å²) in [6.07, 6.45) is 0. The van der Waals surface area contributed by atoms with E-state index in [-0.39, 0.29) is 0 Å². The van der Waals surface area contributed by atoms with Gasteiger partial charge in [-0.15, -0.1) is 0 Å². The molecule has 0 aliphatic rings. The van der Waals surface area contributed by atoms with Gasteiger partial charge in [0.1, 0.15) is 5.82 Å². The van der Waals surface area contributed by atoms with Crippen molar-refractivity contribution in [2.24, 2.45) is 0 Å². The van der Waals surface area contributed by atoms with Gasteiger partial charge in [-0.25, -0.2) is 15.0 Å². The summed E-state index contributed by atoms with van der Waals surface area (Å²) in [5, 5.41) is 2.44. The molecule has 0 N–H and O–H groups in total. The average Bonchev–Trinajstić information content (AvgIpc) is 4.29. The molecular weight excluding hydrogens is 967 g/mol. The quantitative estimate of drug-likeness (QED) is 0.136. The van der Waals surface area contributed by atoms with Crippen molar-refractivity contribution in [3.05, 3.63) is 291 Å². The Labute approximate surface area is 460 Å². The van der Waals surface area contributed by atoms with Gasteiger partial charge in [0.2, 0.25) is 11.9 Å². The fraction of sp³-hybridized carbons (Fsp3) is 0.0429. The van der Waals surface area contributed by atoms with Gasteiger partial charge in [-0.2, -0.15) is 0 Å². The van der Waals surface area contributed by atoms with Crippen molar-refractivity contribution in [2.45, 2.75) is 0 Å². The van der Waals surface area contributed by atoms with Crippen LogP contribution in [-0.2, 0) is 0 Å². The van der Waals surface area contributed by atoms with Crippen LogP contribution in [0.2, 0.25) is 0 Å². The van der Waals surface area contributed by atoms with Crippen LogP contribution in [0.25, 0.3) is 72.3 Å². The van der Waals surface area contributed by atoms with Crippen LogP contribution >= 0.6 is 0 Å². The summed E-state index contributed by atoms with van der Waals surface area (Å²) >= 11 is 0. The first-order valence-corrected chi connectivity index (χ1v) is 26.5. The SMILES string of the molecule is CN(c1cccc2ccccc12)c1nc2ccccc2n1-c1ccccc1.CN(c1ccccc1)c1ccc(-c2nc3ccccc3n2-c2ccccc2)cc1.CN(c1ccccc1)c1nc2ccccc2n1-c1ccccc1. The van der Waals surface area contributed by atoms with E-state index in [9.17, 15) is 0 Å². The Balaban J connectivity index is 0.000000119. The van der Waals surface area contributed by atoms with Crippen molar-refractivity contribution >= 4 is 78.5 Å². The van der Waals surface area contributed by atoms with Crippen LogP contribution in [0.1, 0.15) is 0 Å². The zero-order valence-corrected chi connectivity index (χ0v) is 44.2. The molecule has 0 amide bonds. The summed E-state index contributed by atoms with van der Waals surface area (Å²) in [6, 6.07) is 100. The molecule has 9 heteroatoms. The third kappa shape index (κ3) is 10.1. The van der Waals surface area contributed by atoms with Crippen molar-refractivity contribution in [2.75, 3.05) is 35.8 Å². The number of imidazole rings is 3. The van der Waals surface area contributed by atoms with Gasteiger partial charge in [-0.3, -0.25) is 13.7 Å². The number of hydrogen-bond donors (Lipinski definition) is 0. The Hall–Kier alpha value is -10.5. The summed E-state index contributed by atoms with van der Waals surface area (Å²) in [5.41, 5.74) is 15.3. The molecule has 9 nitrogen and oxygen atoms in total. The highest BCUT2D eigenvalue weighted by molar-refractivity contribution is 5.96. The largest absolute Gasteiger partial charge is 0.345 e. The zero-order valence-electron chi connectivity index (χ0n) is 44.2. The summed E-state index contributed by atoms with van der Waals surface area (Å²) in [4.78, 5) is 21.2. The first-order valence-electron chi connectivity index (χ1n) is 26.5. The van der Waals surface area contributed by atoms with Gasteiger partial charge in [0, 0.05) is 66.2 Å². The van der Waals surface area contributed by atoms with E-state index < -0.39 is 0 Å². The lowest BCUT2D eigenvalue weighted by Gasteiger charge is -2.22. The Morgan fingerprint density at radius 3 is 1.16 bits per heavy atom. The van der Waals surface area contributed by atoms with Crippen LogP contribution in [0.15, 0.2) is 291 Å². The molecule has 79 heavy (non-hydrogen) atoms. The second-order valence-electron chi connectivity index (χ2n) is 19.1. The molecule has 0 aliphatic carbocycles. The Morgan fingerprint density at radius 2 is 0.646 bits per heavy atom. The minimum absolute atomic E-state index is 0.902. The smallest absolute Gasteiger partial charge is 0.215 e. The van der Waals surface area contributed by atoms with E-state index in [0.717, 1.165) is 96.2 Å². The highest BCUT2D eigenvalue weighted by Gasteiger charge is 2.20. The van der Waals surface area contributed by atoms with Gasteiger partial charge >= 0.3 is 0 Å². The maximum Gasteiger partial charge on any atom is 0.215 e. The highest BCUT2D eigenvalue weighted by Crippen LogP contribution is 2.36. The summed E-state index contributed by atoms with van der Waals surface area (Å²) in [5.74, 6) is 2.76. The molecular formula is C70H57N9. The lowest BCUT2D eigenvalue weighted by Crippen LogP contribution is -2.15. The van der Waals surface area contributed by atoms with E-state index in [1.165, 1.54) is 10.8 Å². The van der Waals surface area contributed by atoms with Gasteiger partial charge in [0.05, 0.1) is 38.8 Å². The number of rotatable bonds is 10.